The van der Waals surface area contributed by atoms with E-state index in [0.29, 0.717) is 0 Å². The maximum atomic E-state index is 11.8. The lowest BCUT2D eigenvalue weighted by Crippen LogP contribution is -2.49. The van der Waals surface area contributed by atoms with Gasteiger partial charge in [-0.05, 0) is 43.5 Å². The third-order valence-electron chi connectivity index (χ3n) is 3.80. The van der Waals surface area contributed by atoms with E-state index in [4.69, 9.17) is 9.47 Å². The Morgan fingerprint density at radius 2 is 1.95 bits per heavy atom. The second kappa shape index (κ2) is 6.72. The van der Waals surface area contributed by atoms with Gasteiger partial charge in [0.05, 0.1) is 19.3 Å². The number of carbonyl (C=O) groups is 1. The Labute approximate surface area is 119 Å². The van der Waals surface area contributed by atoms with Crippen molar-refractivity contribution in [1.82, 2.24) is 5.32 Å². The molecule has 0 saturated heterocycles. The number of hydrogen-bond donors (Lipinski definition) is 2. The molecule has 1 aromatic rings. The van der Waals surface area contributed by atoms with Gasteiger partial charge in [-0.25, -0.2) is 0 Å². The summed E-state index contributed by atoms with van der Waals surface area (Å²) in [5, 5.41) is 6.00. The number of ether oxygens (including phenoxy) is 2. The van der Waals surface area contributed by atoms with Crippen LogP contribution in [0.15, 0.2) is 24.3 Å². The number of carbonyl (C=O) groups excluding carboxylic acids is 1. The smallest absolute Gasteiger partial charge is 0.238 e. The van der Waals surface area contributed by atoms with E-state index in [1.807, 2.05) is 24.3 Å². The van der Waals surface area contributed by atoms with Gasteiger partial charge in [0.2, 0.25) is 5.91 Å². The summed E-state index contributed by atoms with van der Waals surface area (Å²) in [4.78, 5) is 11.8. The van der Waals surface area contributed by atoms with Crippen LogP contribution in [0.1, 0.15) is 19.3 Å². The summed E-state index contributed by atoms with van der Waals surface area (Å²) in [5.41, 5.74) is 0.711. The van der Waals surface area contributed by atoms with Crippen LogP contribution in [0.25, 0.3) is 0 Å². The molecule has 1 fully saturated rings. The molecule has 2 N–H and O–H groups in total. The van der Waals surface area contributed by atoms with Crippen LogP contribution in [-0.4, -0.2) is 38.8 Å². The number of benzene rings is 1. The molecule has 5 nitrogen and oxygen atoms in total. The maximum Gasteiger partial charge on any atom is 0.238 e. The zero-order valence-corrected chi connectivity index (χ0v) is 12.1. The molecule has 1 amide bonds. The van der Waals surface area contributed by atoms with Crippen molar-refractivity contribution in [3.8, 4) is 5.75 Å². The van der Waals surface area contributed by atoms with E-state index in [0.717, 1.165) is 30.8 Å². The molecule has 1 aliphatic rings. The fourth-order valence-electron chi connectivity index (χ4n) is 2.31. The lowest BCUT2D eigenvalue weighted by molar-refractivity contribution is -0.116. The van der Waals surface area contributed by atoms with Crippen LogP contribution < -0.4 is 15.4 Å². The first-order chi connectivity index (χ1) is 9.67. The summed E-state index contributed by atoms with van der Waals surface area (Å²) in [7, 11) is 3.35. The third kappa shape index (κ3) is 3.71. The van der Waals surface area contributed by atoms with Crippen LogP contribution >= 0.6 is 0 Å². The quantitative estimate of drug-likeness (QED) is 0.798. The minimum atomic E-state index is -0.0552. The fraction of sp³-hybridized carbons (Fsp3) is 0.533. The van der Waals surface area contributed by atoms with Crippen molar-refractivity contribution in [3.05, 3.63) is 24.3 Å². The normalized spacial score (nSPS) is 16.3. The molecule has 1 aliphatic carbocycles. The highest BCUT2D eigenvalue weighted by molar-refractivity contribution is 5.92. The average Bonchev–Trinajstić information content (AvgIpc) is 2.43. The molecule has 1 saturated carbocycles. The van der Waals surface area contributed by atoms with E-state index >= 15 is 0 Å². The molecule has 5 heteroatoms. The highest BCUT2D eigenvalue weighted by Crippen LogP contribution is 2.34. The van der Waals surface area contributed by atoms with Crippen LogP contribution in [0, 0.1) is 0 Å². The predicted molar refractivity (Wildman–Crippen MR) is 78.1 cm³/mol. The molecule has 2 rings (SSSR count). The van der Waals surface area contributed by atoms with E-state index in [1.54, 1.807) is 14.2 Å². The van der Waals surface area contributed by atoms with Crippen molar-refractivity contribution in [1.29, 1.82) is 0 Å². The van der Waals surface area contributed by atoms with E-state index in [9.17, 15) is 4.79 Å². The Bertz CT molecular complexity index is 435. The summed E-state index contributed by atoms with van der Waals surface area (Å²) in [6, 6.07) is 7.27. The number of anilines is 1. The van der Waals surface area contributed by atoms with Crippen LogP contribution in [0.2, 0.25) is 0 Å². The van der Waals surface area contributed by atoms with Gasteiger partial charge in [0.15, 0.2) is 0 Å². The van der Waals surface area contributed by atoms with E-state index < -0.39 is 0 Å². The summed E-state index contributed by atoms with van der Waals surface area (Å²) in [5.74, 6) is 0.717. The molecule has 0 aromatic heterocycles. The van der Waals surface area contributed by atoms with Crippen molar-refractivity contribution >= 4 is 11.6 Å². The van der Waals surface area contributed by atoms with Crippen LogP contribution in [0.4, 0.5) is 5.69 Å². The van der Waals surface area contributed by atoms with E-state index in [-0.39, 0.29) is 18.1 Å². The Morgan fingerprint density at radius 1 is 1.25 bits per heavy atom. The second-order valence-electron chi connectivity index (χ2n) is 5.12. The fourth-order valence-corrected chi connectivity index (χ4v) is 2.31. The van der Waals surface area contributed by atoms with Gasteiger partial charge in [-0.1, -0.05) is 0 Å². The van der Waals surface area contributed by atoms with Crippen molar-refractivity contribution in [2.45, 2.75) is 24.9 Å². The lowest BCUT2D eigenvalue weighted by atomic mass is 9.80. The summed E-state index contributed by atoms with van der Waals surface area (Å²) in [6.07, 6.45) is 3.33. The molecule has 0 spiro atoms. The third-order valence-corrected chi connectivity index (χ3v) is 3.80. The number of rotatable bonds is 7. The molecular formula is C15H22N2O3. The minimum absolute atomic E-state index is 0.0549. The molecule has 0 atom stereocenters. The molecular weight excluding hydrogens is 256 g/mol. The maximum absolute atomic E-state index is 11.8. The molecule has 1 aromatic carbocycles. The van der Waals surface area contributed by atoms with E-state index in [1.165, 1.54) is 6.42 Å². The van der Waals surface area contributed by atoms with Crippen molar-refractivity contribution in [2.75, 3.05) is 32.6 Å². The second-order valence-corrected chi connectivity index (χ2v) is 5.12. The van der Waals surface area contributed by atoms with Crippen molar-refractivity contribution in [3.63, 3.8) is 0 Å². The molecule has 0 bridgehead atoms. The zero-order valence-electron chi connectivity index (χ0n) is 12.1. The highest BCUT2D eigenvalue weighted by atomic mass is 16.5. The molecule has 0 heterocycles. The molecule has 0 unspecified atom stereocenters. The Morgan fingerprint density at radius 3 is 2.45 bits per heavy atom. The first kappa shape index (κ1) is 14.8. The van der Waals surface area contributed by atoms with Gasteiger partial charge in [0, 0.05) is 19.3 Å². The zero-order chi connectivity index (χ0) is 14.4. The van der Waals surface area contributed by atoms with Crippen LogP contribution in [0.3, 0.4) is 0 Å². The number of hydrogen-bond acceptors (Lipinski definition) is 4. The van der Waals surface area contributed by atoms with E-state index in [2.05, 4.69) is 10.6 Å². The molecule has 20 heavy (non-hydrogen) atoms. The lowest BCUT2D eigenvalue weighted by Gasteiger charge is -2.40. The van der Waals surface area contributed by atoms with Gasteiger partial charge < -0.3 is 20.1 Å². The SMILES string of the molecule is COc1ccc(NC(=O)CNCC2(OC)CCC2)cc1. The first-order valence-corrected chi connectivity index (χ1v) is 6.87. The summed E-state index contributed by atoms with van der Waals surface area (Å²) >= 11 is 0. The minimum Gasteiger partial charge on any atom is -0.497 e. The Hall–Kier alpha value is -1.59. The predicted octanol–water partition coefficient (Wildman–Crippen LogP) is 1.79. The average molecular weight is 278 g/mol. The van der Waals surface area contributed by atoms with Crippen LogP contribution in [0.5, 0.6) is 5.75 Å². The number of nitrogens with one attached hydrogen (secondary N) is 2. The van der Waals surface area contributed by atoms with Crippen molar-refractivity contribution in [2.24, 2.45) is 0 Å². The first-order valence-electron chi connectivity index (χ1n) is 6.87. The highest BCUT2D eigenvalue weighted by Gasteiger charge is 2.36. The number of methoxy groups -OCH3 is 2. The van der Waals surface area contributed by atoms with Gasteiger partial charge in [-0.2, -0.15) is 0 Å². The van der Waals surface area contributed by atoms with Gasteiger partial charge >= 0.3 is 0 Å². The molecule has 0 aliphatic heterocycles. The van der Waals surface area contributed by atoms with Gasteiger partial charge in [-0.15, -0.1) is 0 Å². The van der Waals surface area contributed by atoms with Crippen molar-refractivity contribution < 1.29 is 14.3 Å². The molecule has 0 radical (unpaired) electrons. The Balaban J connectivity index is 1.72. The number of amides is 1. The molecule has 110 valence electrons. The summed E-state index contributed by atoms with van der Waals surface area (Å²) in [6.45, 7) is 1.01. The monoisotopic (exact) mass is 278 g/mol. The van der Waals surface area contributed by atoms with Gasteiger partial charge in [0.1, 0.15) is 5.75 Å². The van der Waals surface area contributed by atoms with Crippen LogP contribution in [-0.2, 0) is 9.53 Å². The largest absolute Gasteiger partial charge is 0.497 e. The topological polar surface area (TPSA) is 59.6 Å². The van der Waals surface area contributed by atoms with Gasteiger partial charge in [-0.3, -0.25) is 4.79 Å². The van der Waals surface area contributed by atoms with Gasteiger partial charge in [0.25, 0.3) is 0 Å². The standard InChI is InChI=1S/C15H22N2O3/c1-19-13-6-4-12(5-7-13)17-14(18)10-16-11-15(20-2)8-3-9-15/h4-7,16H,3,8-11H2,1-2H3,(H,17,18). The summed E-state index contributed by atoms with van der Waals surface area (Å²) < 4.78 is 10.6. The Kier molecular flexibility index (Phi) is 4.98.